The number of Topliss-reactive ketones (excluding diaryl/α,β-unsaturated/α-hetero) is 1. The molecule has 2 heterocycles. The largest absolute Gasteiger partial charge is 0.306 e. The van der Waals surface area contributed by atoms with E-state index in [2.05, 4.69) is 15.6 Å². The predicted molar refractivity (Wildman–Crippen MR) is 66.3 cm³/mol. The Labute approximate surface area is 104 Å². The van der Waals surface area contributed by atoms with Gasteiger partial charge in [-0.25, -0.2) is 4.98 Å². The maximum absolute atomic E-state index is 11.9. The molecule has 1 aliphatic heterocycles. The Balaban J connectivity index is 2.00. The van der Waals surface area contributed by atoms with E-state index in [1.165, 1.54) is 18.3 Å². The molecule has 2 atom stereocenters. The second-order valence-corrected chi connectivity index (χ2v) is 5.14. The first-order valence-electron chi connectivity index (χ1n) is 5.58. The third-order valence-electron chi connectivity index (χ3n) is 2.91. The Morgan fingerprint density at radius 2 is 2.35 bits per heavy atom. The number of hydrogen-bond donors (Lipinski definition) is 2. The SMILES string of the molecule is CC(=O)c1csc(NC(=O)C2NCCC2C)n1. The summed E-state index contributed by atoms with van der Waals surface area (Å²) in [6.07, 6.45) is 1.01. The molecule has 6 heteroatoms. The number of aromatic nitrogens is 1. The number of thiazole rings is 1. The van der Waals surface area contributed by atoms with Gasteiger partial charge in [0.2, 0.25) is 5.91 Å². The number of nitrogens with zero attached hydrogens (tertiary/aromatic N) is 1. The highest BCUT2D eigenvalue weighted by atomic mass is 32.1. The van der Waals surface area contributed by atoms with E-state index in [-0.39, 0.29) is 17.7 Å². The molecule has 5 nitrogen and oxygen atoms in total. The van der Waals surface area contributed by atoms with Gasteiger partial charge < -0.3 is 10.6 Å². The van der Waals surface area contributed by atoms with Crippen LogP contribution in [0.5, 0.6) is 0 Å². The molecular formula is C11H15N3O2S. The van der Waals surface area contributed by atoms with Crippen LogP contribution in [-0.4, -0.2) is 29.3 Å². The van der Waals surface area contributed by atoms with Crippen LogP contribution in [0.1, 0.15) is 30.8 Å². The monoisotopic (exact) mass is 253 g/mol. The first kappa shape index (κ1) is 12.2. The highest BCUT2D eigenvalue weighted by Gasteiger charge is 2.29. The van der Waals surface area contributed by atoms with E-state index in [1.54, 1.807) is 5.38 Å². The summed E-state index contributed by atoms with van der Waals surface area (Å²) >= 11 is 1.27. The molecule has 1 amide bonds. The Kier molecular flexibility index (Phi) is 3.54. The molecule has 0 radical (unpaired) electrons. The van der Waals surface area contributed by atoms with Gasteiger partial charge in [0.1, 0.15) is 5.69 Å². The van der Waals surface area contributed by atoms with Gasteiger partial charge in [-0.05, 0) is 18.9 Å². The van der Waals surface area contributed by atoms with Crippen LogP contribution >= 0.6 is 11.3 Å². The van der Waals surface area contributed by atoms with Crippen LogP contribution in [-0.2, 0) is 4.79 Å². The van der Waals surface area contributed by atoms with Crippen molar-refractivity contribution >= 4 is 28.2 Å². The standard InChI is InChI=1S/C11H15N3O2S/c1-6-3-4-12-9(6)10(16)14-11-13-8(5-17-11)7(2)15/h5-6,9,12H,3-4H2,1-2H3,(H,13,14,16). The molecule has 0 bridgehead atoms. The summed E-state index contributed by atoms with van der Waals surface area (Å²) in [5.41, 5.74) is 0.401. The molecular weight excluding hydrogens is 238 g/mol. The second kappa shape index (κ2) is 4.93. The van der Waals surface area contributed by atoms with Crippen LogP contribution in [0.3, 0.4) is 0 Å². The molecule has 2 rings (SSSR count). The van der Waals surface area contributed by atoms with Crippen molar-refractivity contribution in [2.45, 2.75) is 26.3 Å². The lowest BCUT2D eigenvalue weighted by atomic mass is 10.0. The summed E-state index contributed by atoms with van der Waals surface area (Å²) in [6, 6.07) is -0.153. The van der Waals surface area contributed by atoms with Gasteiger partial charge in [0.25, 0.3) is 0 Å². The predicted octanol–water partition coefficient (Wildman–Crippen LogP) is 1.28. The van der Waals surface area contributed by atoms with Crippen LogP contribution < -0.4 is 10.6 Å². The summed E-state index contributed by atoms with van der Waals surface area (Å²) in [5.74, 6) is 0.177. The Bertz CT molecular complexity index is 444. The van der Waals surface area contributed by atoms with E-state index in [4.69, 9.17) is 0 Å². The Morgan fingerprint density at radius 3 is 2.88 bits per heavy atom. The number of ketones is 1. The number of amides is 1. The number of carbonyl (C=O) groups is 2. The lowest BCUT2D eigenvalue weighted by Crippen LogP contribution is -2.39. The quantitative estimate of drug-likeness (QED) is 0.796. The van der Waals surface area contributed by atoms with Crippen LogP contribution in [0, 0.1) is 5.92 Å². The number of nitrogens with one attached hydrogen (secondary N) is 2. The molecule has 0 aromatic carbocycles. The summed E-state index contributed by atoms with van der Waals surface area (Å²) in [5, 5.41) is 8.04. The van der Waals surface area contributed by atoms with E-state index < -0.39 is 0 Å². The normalized spacial score (nSPS) is 23.6. The van der Waals surface area contributed by atoms with Crippen molar-refractivity contribution in [1.82, 2.24) is 10.3 Å². The van der Waals surface area contributed by atoms with Gasteiger partial charge in [-0.3, -0.25) is 9.59 Å². The van der Waals surface area contributed by atoms with Crippen molar-refractivity contribution in [3.63, 3.8) is 0 Å². The molecule has 1 fully saturated rings. The van der Waals surface area contributed by atoms with E-state index in [0.717, 1.165) is 13.0 Å². The summed E-state index contributed by atoms with van der Waals surface area (Å²) in [7, 11) is 0. The molecule has 0 spiro atoms. The molecule has 2 N–H and O–H groups in total. The van der Waals surface area contributed by atoms with E-state index in [1.807, 2.05) is 6.92 Å². The van der Waals surface area contributed by atoms with Crippen LogP contribution in [0.2, 0.25) is 0 Å². The fourth-order valence-corrected chi connectivity index (χ4v) is 2.61. The lowest BCUT2D eigenvalue weighted by molar-refractivity contribution is -0.118. The van der Waals surface area contributed by atoms with Gasteiger partial charge in [-0.15, -0.1) is 11.3 Å². The average molecular weight is 253 g/mol. The van der Waals surface area contributed by atoms with Crippen molar-refractivity contribution < 1.29 is 9.59 Å². The first-order valence-corrected chi connectivity index (χ1v) is 6.46. The highest BCUT2D eigenvalue weighted by Crippen LogP contribution is 2.19. The van der Waals surface area contributed by atoms with Gasteiger partial charge in [0.05, 0.1) is 6.04 Å². The maximum Gasteiger partial charge on any atom is 0.243 e. The Hall–Kier alpha value is -1.27. The molecule has 92 valence electrons. The summed E-state index contributed by atoms with van der Waals surface area (Å²) in [6.45, 7) is 4.38. The first-order chi connectivity index (χ1) is 8.08. The van der Waals surface area contributed by atoms with Crippen LogP contribution in [0.15, 0.2) is 5.38 Å². The molecule has 1 saturated heterocycles. The van der Waals surface area contributed by atoms with Gasteiger partial charge in [0.15, 0.2) is 10.9 Å². The minimum Gasteiger partial charge on any atom is -0.306 e. The molecule has 17 heavy (non-hydrogen) atoms. The molecule has 1 aliphatic rings. The van der Waals surface area contributed by atoms with Crippen molar-refractivity contribution in [2.24, 2.45) is 5.92 Å². The number of hydrogen-bond acceptors (Lipinski definition) is 5. The van der Waals surface area contributed by atoms with E-state index in [0.29, 0.717) is 16.7 Å². The summed E-state index contributed by atoms with van der Waals surface area (Å²) < 4.78 is 0. The fourth-order valence-electron chi connectivity index (χ4n) is 1.86. The topological polar surface area (TPSA) is 71.1 Å². The molecule has 0 saturated carbocycles. The minimum atomic E-state index is -0.153. The second-order valence-electron chi connectivity index (χ2n) is 4.28. The smallest absolute Gasteiger partial charge is 0.243 e. The zero-order valence-corrected chi connectivity index (χ0v) is 10.6. The maximum atomic E-state index is 11.9. The van der Waals surface area contributed by atoms with Gasteiger partial charge in [-0.1, -0.05) is 6.92 Å². The van der Waals surface area contributed by atoms with Gasteiger partial charge >= 0.3 is 0 Å². The van der Waals surface area contributed by atoms with Crippen molar-refractivity contribution in [3.05, 3.63) is 11.1 Å². The van der Waals surface area contributed by atoms with Gasteiger partial charge in [0, 0.05) is 12.3 Å². The third-order valence-corrected chi connectivity index (χ3v) is 3.67. The average Bonchev–Trinajstić information content (AvgIpc) is 2.86. The zero-order valence-electron chi connectivity index (χ0n) is 9.82. The van der Waals surface area contributed by atoms with Gasteiger partial charge in [-0.2, -0.15) is 0 Å². The summed E-state index contributed by atoms with van der Waals surface area (Å²) in [4.78, 5) is 27.0. The molecule has 1 aromatic rings. The van der Waals surface area contributed by atoms with Crippen molar-refractivity contribution in [2.75, 3.05) is 11.9 Å². The number of rotatable bonds is 3. The fraction of sp³-hybridized carbons (Fsp3) is 0.545. The number of carbonyl (C=O) groups excluding carboxylic acids is 2. The van der Waals surface area contributed by atoms with Crippen molar-refractivity contribution in [1.29, 1.82) is 0 Å². The van der Waals surface area contributed by atoms with Crippen molar-refractivity contribution in [3.8, 4) is 0 Å². The van der Waals surface area contributed by atoms with E-state index >= 15 is 0 Å². The molecule has 1 aromatic heterocycles. The zero-order chi connectivity index (χ0) is 12.4. The van der Waals surface area contributed by atoms with Crippen LogP contribution in [0.25, 0.3) is 0 Å². The third kappa shape index (κ3) is 2.70. The number of anilines is 1. The molecule has 2 unspecified atom stereocenters. The Morgan fingerprint density at radius 1 is 1.59 bits per heavy atom. The molecule has 0 aliphatic carbocycles. The highest BCUT2D eigenvalue weighted by molar-refractivity contribution is 7.14. The van der Waals surface area contributed by atoms with E-state index in [9.17, 15) is 9.59 Å². The lowest BCUT2D eigenvalue weighted by Gasteiger charge is -2.13. The minimum absolute atomic E-state index is 0.0700. The van der Waals surface area contributed by atoms with Crippen LogP contribution in [0.4, 0.5) is 5.13 Å².